The minimum Gasteiger partial charge on any atom is -0.383 e. The van der Waals surface area contributed by atoms with Gasteiger partial charge in [0.05, 0.1) is 11.1 Å². The van der Waals surface area contributed by atoms with Crippen LogP contribution < -0.4 is 0 Å². The molecule has 0 fully saturated rings. The Morgan fingerprint density at radius 2 is 2.06 bits per heavy atom. The van der Waals surface area contributed by atoms with Crippen LogP contribution in [0.4, 0.5) is 0 Å². The van der Waals surface area contributed by atoms with Gasteiger partial charge in [-0.05, 0) is 18.3 Å². The maximum absolute atomic E-state index is 9.20. The number of nitriles is 1. The summed E-state index contributed by atoms with van der Waals surface area (Å²) in [6.45, 7) is 0. The smallest absolute Gasteiger partial charge is 0.148 e. The largest absolute Gasteiger partial charge is 0.383 e. The van der Waals surface area contributed by atoms with Crippen molar-refractivity contribution in [2.45, 2.75) is 0 Å². The molecule has 4 heteroatoms. The van der Waals surface area contributed by atoms with E-state index >= 15 is 0 Å². The first-order valence-corrected chi connectivity index (χ1v) is 5.84. The van der Waals surface area contributed by atoms with E-state index in [1.165, 1.54) is 0 Å². The minimum absolute atomic E-state index is 0.245. The molecule has 1 aromatic carbocycles. The van der Waals surface area contributed by atoms with Gasteiger partial charge in [0.25, 0.3) is 0 Å². The second-order valence-corrected chi connectivity index (χ2v) is 4.46. The number of hydrogen-bond donors (Lipinski definition) is 0. The topological polar surface area (TPSA) is 39.9 Å². The summed E-state index contributed by atoms with van der Waals surface area (Å²) in [5, 5.41) is 10.4. The molecule has 0 unspecified atom stereocenters. The minimum atomic E-state index is 0.245. The van der Waals surface area contributed by atoms with Crippen molar-refractivity contribution < 1.29 is 0 Å². The fraction of sp³-hybridized carbons (Fsp3) is 0.143. The fourth-order valence-electron chi connectivity index (χ4n) is 1.71. The molecule has 0 atom stereocenters. The summed E-state index contributed by atoms with van der Waals surface area (Å²) in [5.74, 6) is 0. The van der Waals surface area contributed by atoms with Crippen molar-refractivity contribution in [1.82, 2.24) is 9.88 Å². The van der Waals surface area contributed by atoms with Gasteiger partial charge in [0.15, 0.2) is 0 Å². The van der Waals surface area contributed by atoms with E-state index in [1.54, 1.807) is 0 Å². The Bertz CT molecular complexity index is 654. The van der Waals surface area contributed by atoms with Crippen LogP contribution in [-0.2, 0) is 0 Å². The Balaban J connectivity index is 2.77. The second-order valence-electron chi connectivity index (χ2n) is 4.10. The van der Waals surface area contributed by atoms with Crippen molar-refractivity contribution in [3.63, 3.8) is 0 Å². The summed E-state index contributed by atoms with van der Waals surface area (Å²) in [5.41, 5.74) is 2.01. The number of nitrogens with zero attached hydrogens (tertiary/aromatic N) is 3. The zero-order valence-electron chi connectivity index (χ0n) is 10.2. The van der Waals surface area contributed by atoms with E-state index in [9.17, 15) is 5.26 Å². The third-order valence-electron chi connectivity index (χ3n) is 2.54. The lowest BCUT2D eigenvalue weighted by atomic mass is 10.0. The molecule has 90 valence electrons. The number of rotatable bonds is 2. The highest BCUT2D eigenvalue weighted by atomic mass is 35.5. The van der Waals surface area contributed by atoms with Crippen LogP contribution in [0.1, 0.15) is 11.1 Å². The third kappa shape index (κ3) is 2.29. The highest BCUT2D eigenvalue weighted by molar-refractivity contribution is 6.31. The van der Waals surface area contributed by atoms with Crippen LogP contribution in [0.2, 0.25) is 5.15 Å². The average molecular weight is 258 g/mol. The van der Waals surface area contributed by atoms with Crippen LogP contribution in [0.15, 0.2) is 30.5 Å². The van der Waals surface area contributed by atoms with Crippen LogP contribution in [0.25, 0.3) is 17.0 Å². The van der Waals surface area contributed by atoms with Crippen molar-refractivity contribution in [3.8, 4) is 6.07 Å². The molecular weight excluding hydrogens is 246 g/mol. The molecule has 0 saturated heterocycles. The molecule has 0 bridgehead atoms. The molecule has 0 aliphatic rings. The first-order valence-electron chi connectivity index (χ1n) is 5.46. The van der Waals surface area contributed by atoms with Gasteiger partial charge in [-0.1, -0.05) is 29.8 Å². The summed E-state index contributed by atoms with van der Waals surface area (Å²) in [4.78, 5) is 6.14. The summed E-state index contributed by atoms with van der Waals surface area (Å²) in [7, 11) is 3.85. The lowest BCUT2D eigenvalue weighted by molar-refractivity contribution is 0.567. The van der Waals surface area contributed by atoms with Crippen LogP contribution >= 0.6 is 11.6 Å². The summed E-state index contributed by atoms with van der Waals surface area (Å²) in [6.07, 6.45) is 3.77. The molecule has 0 saturated carbocycles. The number of para-hydroxylation sites is 1. The summed E-state index contributed by atoms with van der Waals surface area (Å²) in [6, 6.07) is 9.76. The monoisotopic (exact) mass is 257 g/mol. The molecule has 0 radical (unpaired) electrons. The van der Waals surface area contributed by atoms with E-state index in [-0.39, 0.29) is 5.15 Å². The number of fused-ring (bicyclic) bond motifs is 1. The van der Waals surface area contributed by atoms with E-state index < -0.39 is 0 Å². The van der Waals surface area contributed by atoms with Crippen molar-refractivity contribution >= 4 is 28.6 Å². The Labute approximate surface area is 111 Å². The number of pyridine rings is 1. The average Bonchev–Trinajstić information content (AvgIpc) is 2.35. The zero-order valence-corrected chi connectivity index (χ0v) is 10.9. The van der Waals surface area contributed by atoms with Gasteiger partial charge < -0.3 is 4.90 Å². The van der Waals surface area contributed by atoms with Gasteiger partial charge in [-0.25, -0.2) is 4.98 Å². The van der Waals surface area contributed by atoms with Gasteiger partial charge >= 0.3 is 0 Å². The van der Waals surface area contributed by atoms with Gasteiger partial charge in [-0.2, -0.15) is 5.26 Å². The van der Waals surface area contributed by atoms with Gasteiger partial charge in [0.2, 0.25) is 0 Å². The Hall–Kier alpha value is -2.05. The molecule has 1 heterocycles. The van der Waals surface area contributed by atoms with Crippen LogP contribution in [0, 0.1) is 11.3 Å². The van der Waals surface area contributed by atoms with Crippen molar-refractivity contribution in [2.24, 2.45) is 0 Å². The maximum atomic E-state index is 9.20. The highest BCUT2D eigenvalue weighted by Crippen LogP contribution is 2.27. The number of aromatic nitrogens is 1. The predicted molar refractivity (Wildman–Crippen MR) is 74.2 cm³/mol. The van der Waals surface area contributed by atoms with Crippen molar-refractivity contribution in [1.29, 1.82) is 5.26 Å². The first kappa shape index (κ1) is 12.4. The summed E-state index contributed by atoms with van der Waals surface area (Å²) >= 11 is 6.04. The van der Waals surface area contributed by atoms with E-state index in [4.69, 9.17) is 11.6 Å². The Morgan fingerprint density at radius 1 is 1.33 bits per heavy atom. The van der Waals surface area contributed by atoms with E-state index in [1.807, 2.05) is 55.5 Å². The molecule has 2 rings (SSSR count). The molecular formula is C14H12ClN3. The molecule has 0 N–H and O–H groups in total. The third-order valence-corrected chi connectivity index (χ3v) is 2.81. The number of halogens is 1. The Kier molecular flexibility index (Phi) is 3.50. The summed E-state index contributed by atoms with van der Waals surface area (Å²) < 4.78 is 0. The molecule has 0 amide bonds. The zero-order chi connectivity index (χ0) is 13.1. The van der Waals surface area contributed by atoms with Crippen molar-refractivity contribution in [2.75, 3.05) is 14.1 Å². The second kappa shape index (κ2) is 5.07. The quantitative estimate of drug-likeness (QED) is 0.775. The van der Waals surface area contributed by atoms with E-state index in [2.05, 4.69) is 11.1 Å². The van der Waals surface area contributed by atoms with Crippen LogP contribution in [-0.4, -0.2) is 24.0 Å². The number of hydrogen-bond acceptors (Lipinski definition) is 3. The number of benzene rings is 1. The molecule has 0 spiro atoms. The molecule has 0 aliphatic heterocycles. The molecule has 0 aliphatic carbocycles. The molecule has 3 nitrogen and oxygen atoms in total. The van der Waals surface area contributed by atoms with Gasteiger partial charge in [0.1, 0.15) is 11.2 Å². The normalized spacial score (nSPS) is 10.8. The van der Waals surface area contributed by atoms with Gasteiger partial charge in [-0.3, -0.25) is 0 Å². The van der Waals surface area contributed by atoms with Gasteiger partial charge in [-0.15, -0.1) is 0 Å². The molecule has 1 aromatic heterocycles. The lowest BCUT2D eigenvalue weighted by Crippen LogP contribution is -2.00. The molecule has 18 heavy (non-hydrogen) atoms. The maximum Gasteiger partial charge on any atom is 0.148 e. The Morgan fingerprint density at radius 3 is 2.72 bits per heavy atom. The van der Waals surface area contributed by atoms with Gasteiger partial charge in [0, 0.05) is 25.0 Å². The standard InChI is InChI=1S/C14H12ClN3/c1-18(2)8-7-10-11-5-3-4-6-13(11)17-14(15)12(10)9-16/h3-8H,1-2H3/b8-7+. The van der Waals surface area contributed by atoms with Crippen LogP contribution in [0.3, 0.4) is 0 Å². The lowest BCUT2D eigenvalue weighted by Gasteiger charge is -2.08. The highest BCUT2D eigenvalue weighted by Gasteiger charge is 2.11. The molecule has 2 aromatic rings. The van der Waals surface area contributed by atoms with Crippen molar-refractivity contribution in [3.05, 3.63) is 46.7 Å². The van der Waals surface area contributed by atoms with E-state index in [0.29, 0.717) is 5.56 Å². The first-order chi connectivity index (χ1) is 8.63. The predicted octanol–water partition coefficient (Wildman–Crippen LogP) is 3.29. The van der Waals surface area contributed by atoms with E-state index in [0.717, 1.165) is 16.5 Å². The van der Waals surface area contributed by atoms with Crippen LogP contribution in [0.5, 0.6) is 0 Å². The SMILES string of the molecule is CN(C)/C=C/c1c(C#N)c(Cl)nc2ccccc12. The fourth-order valence-corrected chi connectivity index (χ4v) is 1.94.